The molecule has 6 unspecified atom stereocenters. The molecular formula is C23H44. The van der Waals surface area contributed by atoms with E-state index in [0.29, 0.717) is 0 Å². The Balaban J connectivity index is 0.000000615. The van der Waals surface area contributed by atoms with Crippen LogP contribution in [0.4, 0.5) is 0 Å². The Hall–Kier alpha value is -0.260. The highest BCUT2D eigenvalue weighted by Gasteiger charge is 2.44. The number of rotatable bonds is 2. The van der Waals surface area contributed by atoms with E-state index in [1.54, 1.807) is 0 Å². The Bertz CT molecular complexity index is 340. The highest BCUT2D eigenvalue weighted by molar-refractivity contribution is 5.17. The van der Waals surface area contributed by atoms with E-state index >= 15 is 0 Å². The molecule has 3 rings (SSSR count). The predicted octanol–water partition coefficient (Wildman–Crippen LogP) is 7.88. The highest BCUT2D eigenvalue weighted by atomic mass is 14.5. The van der Waals surface area contributed by atoms with Gasteiger partial charge in [0.25, 0.3) is 0 Å². The van der Waals surface area contributed by atoms with Crippen molar-refractivity contribution in [2.75, 3.05) is 0 Å². The van der Waals surface area contributed by atoms with Gasteiger partial charge < -0.3 is 0 Å². The van der Waals surface area contributed by atoms with Crippen LogP contribution in [-0.2, 0) is 0 Å². The topological polar surface area (TPSA) is 0 Å². The monoisotopic (exact) mass is 320 g/mol. The van der Waals surface area contributed by atoms with Gasteiger partial charge in [-0.3, -0.25) is 0 Å². The Morgan fingerprint density at radius 3 is 2.17 bits per heavy atom. The number of allylic oxidation sites excluding steroid dienone is 2. The van der Waals surface area contributed by atoms with Gasteiger partial charge in [0.05, 0.1) is 0 Å². The second kappa shape index (κ2) is 10.6. The smallest absolute Gasteiger partial charge is 0.0172 e. The summed E-state index contributed by atoms with van der Waals surface area (Å²) in [7, 11) is 0. The largest absolute Gasteiger partial charge is 0.0847 e. The summed E-state index contributed by atoms with van der Waals surface area (Å²) in [5, 5.41) is 0. The highest BCUT2D eigenvalue weighted by Crippen LogP contribution is 2.54. The van der Waals surface area contributed by atoms with E-state index in [2.05, 4.69) is 26.8 Å². The molecule has 0 heteroatoms. The maximum absolute atomic E-state index is 2.68. The van der Waals surface area contributed by atoms with Crippen molar-refractivity contribution < 1.29 is 0 Å². The molecule has 0 bridgehead atoms. The Morgan fingerprint density at radius 1 is 0.870 bits per heavy atom. The van der Waals surface area contributed by atoms with Crippen LogP contribution >= 0.6 is 0 Å². The molecule has 0 spiro atoms. The van der Waals surface area contributed by atoms with Gasteiger partial charge >= 0.3 is 0 Å². The minimum Gasteiger partial charge on any atom is -0.0847 e. The summed E-state index contributed by atoms with van der Waals surface area (Å²) >= 11 is 0. The zero-order chi connectivity index (χ0) is 17.4. The van der Waals surface area contributed by atoms with Gasteiger partial charge in [-0.05, 0) is 74.0 Å². The second-order valence-electron chi connectivity index (χ2n) is 7.65. The zero-order valence-electron chi connectivity index (χ0n) is 17.2. The molecule has 0 radical (unpaired) electrons. The maximum atomic E-state index is 2.68. The third kappa shape index (κ3) is 4.64. The van der Waals surface area contributed by atoms with E-state index < -0.39 is 0 Å². The Kier molecular flexibility index (Phi) is 9.55. The van der Waals surface area contributed by atoms with Crippen LogP contribution in [-0.4, -0.2) is 0 Å². The first-order chi connectivity index (χ1) is 11.2. The Labute approximate surface area is 147 Å². The number of hydrogen-bond acceptors (Lipinski definition) is 0. The molecular weight excluding hydrogens is 276 g/mol. The molecule has 23 heavy (non-hydrogen) atoms. The fraction of sp³-hybridized carbons (Fsp3) is 0.913. The van der Waals surface area contributed by atoms with Crippen molar-refractivity contribution in [3.8, 4) is 0 Å². The fourth-order valence-corrected chi connectivity index (χ4v) is 5.81. The van der Waals surface area contributed by atoms with Gasteiger partial charge in [-0.25, -0.2) is 0 Å². The van der Waals surface area contributed by atoms with Crippen molar-refractivity contribution in [3.63, 3.8) is 0 Å². The first-order valence-electron chi connectivity index (χ1n) is 10.9. The normalized spacial score (nSPS) is 38.7. The van der Waals surface area contributed by atoms with Crippen molar-refractivity contribution in [2.45, 2.75) is 99.8 Å². The van der Waals surface area contributed by atoms with Gasteiger partial charge in [-0.15, -0.1) is 0 Å². The third-order valence-electron chi connectivity index (χ3n) is 6.77. The number of fused-ring (bicyclic) bond motifs is 3. The molecule has 0 aromatic rings. The summed E-state index contributed by atoms with van der Waals surface area (Å²) in [5.74, 6) is 6.09. The van der Waals surface area contributed by atoms with E-state index in [9.17, 15) is 0 Å². The van der Waals surface area contributed by atoms with Gasteiger partial charge in [0.15, 0.2) is 0 Å². The molecule has 136 valence electrons. The van der Waals surface area contributed by atoms with Crippen LogP contribution in [0.3, 0.4) is 0 Å². The molecule has 2 saturated carbocycles. The van der Waals surface area contributed by atoms with Crippen LogP contribution in [0.2, 0.25) is 0 Å². The van der Waals surface area contributed by atoms with Crippen molar-refractivity contribution in [1.29, 1.82) is 0 Å². The molecule has 0 nitrogen and oxygen atoms in total. The molecule has 6 atom stereocenters. The summed E-state index contributed by atoms with van der Waals surface area (Å²) in [4.78, 5) is 0. The molecule has 0 aromatic carbocycles. The predicted molar refractivity (Wildman–Crippen MR) is 106 cm³/mol. The minimum absolute atomic E-state index is 0.952. The fourth-order valence-electron chi connectivity index (χ4n) is 5.81. The second-order valence-corrected chi connectivity index (χ2v) is 7.65. The van der Waals surface area contributed by atoms with Crippen molar-refractivity contribution in [1.82, 2.24) is 0 Å². The van der Waals surface area contributed by atoms with Gasteiger partial charge in [-0.2, -0.15) is 0 Å². The van der Waals surface area contributed by atoms with Gasteiger partial charge in [0.1, 0.15) is 0 Å². The van der Waals surface area contributed by atoms with Crippen LogP contribution in [0.25, 0.3) is 0 Å². The average molecular weight is 321 g/mol. The van der Waals surface area contributed by atoms with Crippen molar-refractivity contribution >= 4 is 0 Å². The van der Waals surface area contributed by atoms with E-state index in [4.69, 9.17) is 0 Å². The third-order valence-corrected chi connectivity index (χ3v) is 6.77. The standard InChI is InChI=1S/C19H32.2C2H6/c1-4-14-7-10-19-17-9-6-13(3)12-15(17)8-11-18(19)16(14)5-2;2*1-2/h8,13-14,16-19H,4-7,9-12H2,1-3H3;2*1-2H3. The molecule has 0 N–H and O–H groups in total. The molecule has 0 aliphatic heterocycles. The van der Waals surface area contributed by atoms with Crippen LogP contribution in [0.15, 0.2) is 11.6 Å². The lowest BCUT2D eigenvalue weighted by Gasteiger charge is -2.50. The first-order valence-corrected chi connectivity index (χ1v) is 10.9. The molecule has 0 aromatic heterocycles. The summed E-state index contributed by atoms with van der Waals surface area (Å²) in [5.41, 5.74) is 1.87. The van der Waals surface area contributed by atoms with E-state index in [0.717, 1.165) is 35.5 Å². The maximum Gasteiger partial charge on any atom is -0.0172 e. The molecule has 3 aliphatic carbocycles. The minimum atomic E-state index is 0.952. The van der Waals surface area contributed by atoms with Gasteiger partial charge in [0, 0.05) is 0 Å². The quantitative estimate of drug-likeness (QED) is 0.454. The first kappa shape index (κ1) is 20.8. The van der Waals surface area contributed by atoms with Crippen molar-refractivity contribution in [3.05, 3.63) is 11.6 Å². The van der Waals surface area contributed by atoms with E-state index in [-0.39, 0.29) is 0 Å². The van der Waals surface area contributed by atoms with Gasteiger partial charge in [0.2, 0.25) is 0 Å². The Morgan fingerprint density at radius 2 is 1.57 bits per heavy atom. The summed E-state index contributed by atoms with van der Waals surface area (Å²) in [6, 6.07) is 0. The van der Waals surface area contributed by atoms with Crippen LogP contribution < -0.4 is 0 Å². The SMILES string of the molecule is CC.CC.CCC1CCC2C3CCC(C)CC3=CCC2C1CC. The van der Waals surface area contributed by atoms with E-state index in [1.807, 2.05) is 33.3 Å². The molecule has 0 amide bonds. The lowest BCUT2D eigenvalue weighted by Crippen LogP contribution is -2.41. The van der Waals surface area contributed by atoms with Crippen molar-refractivity contribution in [2.24, 2.45) is 35.5 Å². The van der Waals surface area contributed by atoms with Crippen LogP contribution in [0.5, 0.6) is 0 Å². The van der Waals surface area contributed by atoms with Crippen LogP contribution in [0, 0.1) is 35.5 Å². The summed E-state index contributed by atoms with van der Waals surface area (Å²) < 4.78 is 0. The molecule has 0 saturated heterocycles. The molecule has 0 heterocycles. The molecule has 2 fully saturated rings. The van der Waals surface area contributed by atoms with E-state index in [1.165, 1.54) is 51.4 Å². The summed E-state index contributed by atoms with van der Waals surface area (Å²) in [6.45, 7) is 15.3. The zero-order valence-corrected chi connectivity index (χ0v) is 17.2. The average Bonchev–Trinajstić information content (AvgIpc) is 2.63. The van der Waals surface area contributed by atoms with Crippen LogP contribution in [0.1, 0.15) is 99.8 Å². The number of hydrogen-bond donors (Lipinski definition) is 0. The lowest BCUT2D eigenvalue weighted by atomic mass is 9.55. The lowest BCUT2D eigenvalue weighted by molar-refractivity contribution is 0.0399. The summed E-state index contributed by atoms with van der Waals surface area (Å²) in [6.07, 6.45) is 14.4. The van der Waals surface area contributed by atoms with Gasteiger partial charge in [-0.1, -0.05) is 73.0 Å². The molecule has 3 aliphatic rings.